The Morgan fingerprint density at radius 3 is 2.77 bits per heavy atom. The van der Waals surface area contributed by atoms with Gasteiger partial charge >= 0.3 is 5.97 Å². The molecule has 5 nitrogen and oxygen atoms in total. The lowest BCUT2D eigenvalue weighted by atomic mass is 10.3. The van der Waals surface area contributed by atoms with E-state index >= 15 is 0 Å². The van der Waals surface area contributed by atoms with Crippen LogP contribution in [0.15, 0.2) is 24.4 Å². The van der Waals surface area contributed by atoms with Crippen molar-refractivity contribution in [3.63, 3.8) is 0 Å². The first-order valence-electron chi connectivity index (χ1n) is 3.77. The fraction of sp³-hybridized carbons (Fsp3) is 0.250. The highest BCUT2D eigenvalue weighted by Gasteiger charge is 2.17. The van der Waals surface area contributed by atoms with Gasteiger partial charge in [-0.3, -0.25) is 4.79 Å². The molecular weight excluding hydrogens is 172 g/mol. The molecule has 0 fully saturated rings. The zero-order valence-corrected chi connectivity index (χ0v) is 6.90. The normalized spacial score (nSPS) is 19.3. The average Bonchev–Trinajstić information content (AvgIpc) is 2.18. The molecule has 1 unspecified atom stereocenters. The lowest BCUT2D eigenvalue weighted by Crippen LogP contribution is -2.34. The highest BCUT2D eigenvalue weighted by molar-refractivity contribution is 6.34. The monoisotopic (exact) mass is 182 g/mol. The van der Waals surface area contributed by atoms with Crippen molar-refractivity contribution in [2.75, 3.05) is 6.54 Å². The number of esters is 1. The molecule has 5 heteroatoms. The van der Waals surface area contributed by atoms with Crippen LogP contribution in [-0.2, 0) is 14.3 Å². The molecule has 1 aliphatic rings. The van der Waals surface area contributed by atoms with Gasteiger partial charge in [0, 0.05) is 0 Å². The predicted octanol–water partition coefficient (Wildman–Crippen LogP) is -0.943. The van der Waals surface area contributed by atoms with Crippen molar-refractivity contribution in [3.8, 4) is 0 Å². The van der Waals surface area contributed by atoms with Crippen LogP contribution < -0.4 is 11.1 Å². The summed E-state index contributed by atoms with van der Waals surface area (Å²) in [6, 6.07) is 0. The summed E-state index contributed by atoms with van der Waals surface area (Å²) >= 11 is 0. The molecule has 0 radical (unpaired) electrons. The van der Waals surface area contributed by atoms with Gasteiger partial charge in [0.1, 0.15) is 0 Å². The Hall–Kier alpha value is -1.62. The van der Waals surface area contributed by atoms with E-state index in [4.69, 9.17) is 10.5 Å². The molecular formula is C8H10N2O3. The van der Waals surface area contributed by atoms with Gasteiger partial charge in [0.15, 0.2) is 6.23 Å². The van der Waals surface area contributed by atoms with E-state index in [1.165, 1.54) is 0 Å². The smallest absolute Gasteiger partial charge is 0.378 e. The molecule has 0 amide bonds. The number of hydrogen-bond acceptors (Lipinski definition) is 5. The van der Waals surface area contributed by atoms with Crippen LogP contribution in [0.2, 0.25) is 0 Å². The van der Waals surface area contributed by atoms with E-state index in [1.807, 2.05) is 0 Å². The average molecular weight is 182 g/mol. The van der Waals surface area contributed by atoms with Crippen molar-refractivity contribution in [3.05, 3.63) is 24.4 Å². The fourth-order valence-corrected chi connectivity index (χ4v) is 0.764. The van der Waals surface area contributed by atoms with Gasteiger partial charge in [0.05, 0.1) is 6.54 Å². The molecule has 0 saturated heterocycles. The van der Waals surface area contributed by atoms with Gasteiger partial charge in [0.2, 0.25) is 0 Å². The number of hydrogen-bond donors (Lipinski definition) is 2. The zero-order valence-electron chi connectivity index (χ0n) is 6.90. The number of rotatable bonds is 3. The fourth-order valence-electron chi connectivity index (χ4n) is 0.764. The van der Waals surface area contributed by atoms with E-state index in [2.05, 4.69) is 5.32 Å². The molecule has 0 aromatic carbocycles. The van der Waals surface area contributed by atoms with E-state index in [1.54, 1.807) is 24.4 Å². The molecule has 70 valence electrons. The minimum absolute atomic E-state index is 0.328. The van der Waals surface area contributed by atoms with E-state index < -0.39 is 18.0 Å². The molecule has 1 heterocycles. The predicted molar refractivity (Wildman–Crippen MR) is 45.4 cm³/mol. The lowest BCUT2D eigenvalue weighted by Gasteiger charge is -2.15. The van der Waals surface area contributed by atoms with E-state index in [0.717, 1.165) is 0 Å². The second-order valence-corrected chi connectivity index (χ2v) is 2.36. The molecule has 0 aromatic heterocycles. The molecule has 0 spiro atoms. The highest BCUT2D eigenvalue weighted by Crippen LogP contribution is 1.97. The number of carbonyl (C=O) groups is 2. The van der Waals surface area contributed by atoms with Crippen LogP contribution in [0.4, 0.5) is 0 Å². The molecule has 13 heavy (non-hydrogen) atoms. The molecule has 0 aromatic rings. The van der Waals surface area contributed by atoms with Gasteiger partial charge in [0.25, 0.3) is 5.78 Å². The van der Waals surface area contributed by atoms with E-state index in [-0.39, 0.29) is 6.54 Å². The summed E-state index contributed by atoms with van der Waals surface area (Å²) in [7, 11) is 0. The maximum atomic E-state index is 10.9. The zero-order chi connectivity index (χ0) is 9.68. The quantitative estimate of drug-likeness (QED) is 0.434. The van der Waals surface area contributed by atoms with Crippen molar-refractivity contribution < 1.29 is 14.3 Å². The largest absolute Gasteiger partial charge is 0.432 e. The number of ether oxygens (including phenoxy) is 1. The number of nitrogens with two attached hydrogens (primary N) is 1. The van der Waals surface area contributed by atoms with Crippen molar-refractivity contribution in [2.45, 2.75) is 6.23 Å². The summed E-state index contributed by atoms with van der Waals surface area (Å²) in [4.78, 5) is 21.6. The van der Waals surface area contributed by atoms with E-state index in [9.17, 15) is 9.59 Å². The second kappa shape index (κ2) is 4.42. The van der Waals surface area contributed by atoms with Gasteiger partial charge in [-0.1, -0.05) is 6.08 Å². The van der Waals surface area contributed by atoms with Crippen LogP contribution in [0.3, 0.4) is 0 Å². The summed E-state index contributed by atoms with van der Waals surface area (Å²) in [5, 5.41) is 2.73. The topological polar surface area (TPSA) is 81.4 Å². The Morgan fingerprint density at radius 2 is 2.23 bits per heavy atom. The third-order valence-corrected chi connectivity index (χ3v) is 1.40. The van der Waals surface area contributed by atoms with Gasteiger partial charge in [-0.25, -0.2) is 4.79 Å². The van der Waals surface area contributed by atoms with Gasteiger partial charge in [-0.05, 0) is 18.4 Å². The van der Waals surface area contributed by atoms with Crippen molar-refractivity contribution >= 4 is 11.8 Å². The summed E-state index contributed by atoms with van der Waals surface area (Å²) < 4.78 is 4.73. The first-order chi connectivity index (χ1) is 6.24. The molecule has 0 aliphatic carbocycles. The Bertz CT molecular complexity index is 271. The van der Waals surface area contributed by atoms with Crippen LogP contribution in [-0.4, -0.2) is 24.5 Å². The molecule has 3 N–H and O–H groups in total. The van der Waals surface area contributed by atoms with Gasteiger partial charge < -0.3 is 15.8 Å². The summed E-state index contributed by atoms with van der Waals surface area (Å²) in [6.07, 6.45) is 6.11. The number of allylic oxidation sites excluding steroid dienone is 2. The summed E-state index contributed by atoms with van der Waals surface area (Å²) in [5.41, 5.74) is 4.98. The second-order valence-electron chi connectivity index (χ2n) is 2.36. The third-order valence-electron chi connectivity index (χ3n) is 1.40. The first kappa shape index (κ1) is 9.47. The van der Waals surface area contributed by atoms with Crippen LogP contribution in [0, 0.1) is 0 Å². The molecule has 0 saturated carbocycles. The minimum Gasteiger partial charge on any atom is -0.432 e. The lowest BCUT2D eigenvalue weighted by molar-refractivity contribution is -0.156. The number of ketones is 1. The number of nitrogens with one attached hydrogen (secondary N) is 1. The maximum absolute atomic E-state index is 10.9. The van der Waals surface area contributed by atoms with Crippen LogP contribution in [0.5, 0.6) is 0 Å². The van der Waals surface area contributed by atoms with Crippen molar-refractivity contribution in [1.82, 2.24) is 5.32 Å². The Kier molecular flexibility index (Phi) is 3.22. The number of Topliss-reactive ketones (excluding diaryl/α,β-unsaturated/α-hetero) is 1. The van der Waals surface area contributed by atoms with Crippen molar-refractivity contribution in [1.29, 1.82) is 0 Å². The highest BCUT2D eigenvalue weighted by atomic mass is 16.6. The molecule has 1 rings (SSSR count). The van der Waals surface area contributed by atoms with Crippen molar-refractivity contribution in [2.24, 2.45) is 5.73 Å². The molecule has 0 bridgehead atoms. The Balaban J connectivity index is 2.40. The van der Waals surface area contributed by atoms with Crippen LogP contribution >= 0.6 is 0 Å². The summed E-state index contributed by atoms with van der Waals surface area (Å²) in [5.74, 6) is -1.65. The van der Waals surface area contributed by atoms with Gasteiger partial charge in [-0.2, -0.15) is 0 Å². The third kappa shape index (κ3) is 2.72. The maximum Gasteiger partial charge on any atom is 0.378 e. The Morgan fingerprint density at radius 1 is 1.46 bits per heavy atom. The van der Waals surface area contributed by atoms with Crippen LogP contribution in [0.25, 0.3) is 0 Å². The molecule has 1 aliphatic heterocycles. The number of carbonyl (C=O) groups excluding carboxylic acids is 2. The minimum atomic E-state index is -0.917. The van der Waals surface area contributed by atoms with Crippen LogP contribution in [0.1, 0.15) is 0 Å². The molecule has 1 atom stereocenters. The summed E-state index contributed by atoms with van der Waals surface area (Å²) in [6.45, 7) is -0.328. The van der Waals surface area contributed by atoms with E-state index in [0.29, 0.717) is 0 Å². The Labute approximate surface area is 75.2 Å². The SMILES string of the molecule is NCC(=O)C(=O)OC1C=CC=CN1. The first-order valence-corrected chi connectivity index (χ1v) is 3.77. The van der Waals surface area contributed by atoms with Gasteiger partial charge in [-0.15, -0.1) is 0 Å². The standard InChI is InChI=1S/C8H10N2O3/c9-5-6(11)8(12)13-7-3-1-2-4-10-7/h1-4,7,10H,5,9H2. The number of dihydropyridines is 1.